The molecule has 2 atom stereocenters. The van der Waals surface area contributed by atoms with Gasteiger partial charge in [-0.05, 0) is 115 Å². The van der Waals surface area contributed by atoms with Crippen molar-refractivity contribution in [2.45, 2.75) is 17.8 Å². The lowest BCUT2D eigenvalue weighted by Gasteiger charge is -2.38. The molecule has 2 unspecified atom stereocenters. The van der Waals surface area contributed by atoms with E-state index < -0.39 is 5.41 Å². The first-order valence-corrected chi connectivity index (χ1v) is 21.7. The first-order chi connectivity index (χ1) is 30.7. The van der Waals surface area contributed by atoms with E-state index in [0.717, 1.165) is 23.5 Å². The molecule has 2 aliphatic rings. The highest BCUT2D eigenvalue weighted by Crippen LogP contribution is 2.59. The molecule has 0 amide bonds. The highest BCUT2D eigenvalue weighted by molar-refractivity contribution is 5.90. The van der Waals surface area contributed by atoms with Crippen LogP contribution in [0.5, 0.6) is 0 Å². The molecule has 62 heavy (non-hydrogen) atoms. The van der Waals surface area contributed by atoms with Crippen molar-refractivity contribution in [2.24, 2.45) is 0 Å². The van der Waals surface area contributed by atoms with E-state index in [2.05, 4.69) is 260 Å². The van der Waals surface area contributed by atoms with Crippen molar-refractivity contribution < 1.29 is 0 Å². The van der Waals surface area contributed by atoms with Gasteiger partial charge in [0.2, 0.25) is 0 Å². The van der Waals surface area contributed by atoms with Crippen molar-refractivity contribution in [3.8, 4) is 44.5 Å². The molecule has 0 fully saturated rings. The van der Waals surface area contributed by atoms with Crippen molar-refractivity contribution in [1.29, 1.82) is 0 Å². The Bertz CT molecular complexity index is 3040. The lowest BCUT2D eigenvalue weighted by molar-refractivity contribution is 0.660. The van der Waals surface area contributed by atoms with Gasteiger partial charge in [-0.1, -0.05) is 218 Å². The Morgan fingerprint density at radius 2 is 0.806 bits per heavy atom. The third-order valence-electron chi connectivity index (χ3n) is 13.0. The summed E-state index contributed by atoms with van der Waals surface area (Å²) >= 11 is 0. The molecule has 2 aliphatic carbocycles. The van der Waals surface area contributed by atoms with Gasteiger partial charge in [0.05, 0.1) is 5.41 Å². The molecule has 0 saturated heterocycles. The molecule has 0 aliphatic heterocycles. The van der Waals surface area contributed by atoms with Crippen LogP contribution in [0.25, 0.3) is 44.5 Å². The van der Waals surface area contributed by atoms with Crippen molar-refractivity contribution >= 4 is 17.1 Å². The van der Waals surface area contributed by atoms with Gasteiger partial charge < -0.3 is 4.90 Å². The van der Waals surface area contributed by atoms with Crippen LogP contribution >= 0.6 is 0 Å². The standard InChI is InChI=1S/C61H45N/c1-5-16-44(17-6-1)47-28-30-48(31-29-47)50-34-38-55(39-35-50)62(54-36-32-49(33-37-54)45-18-7-2-8-19-45)56-40-41-58-57-26-13-14-27-59(57)61(60(58)43-56,52-23-11-4-12-24-52)53-25-15-22-51(42-53)46-20-9-3-10-21-46/h1-41,43,51H,42H2. The van der Waals surface area contributed by atoms with Crippen molar-refractivity contribution in [2.75, 3.05) is 4.90 Å². The van der Waals surface area contributed by atoms with E-state index in [0.29, 0.717) is 0 Å². The van der Waals surface area contributed by atoms with Crippen LogP contribution in [0, 0.1) is 0 Å². The summed E-state index contributed by atoms with van der Waals surface area (Å²) in [5.74, 6) is 0.281. The molecule has 1 nitrogen and oxygen atoms in total. The van der Waals surface area contributed by atoms with Crippen LogP contribution < -0.4 is 4.90 Å². The van der Waals surface area contributed by atoms with Gasteiger partial charge in [-0.15, -0.1) is 0 Å². The fourth-order valence-electron chi connectivity index (χ4n) is 9.99. The number of anilines is 3. The second-order valence-corrected chi connectivity index (χ2v) is 16.4. The Balaban J connectivity index is 1.06. The summed E-state index contributed by atoms with van der Waals surface area (Å²) in [4.78, 5) is 2.43. The molecule has 1 heteroatoms. The topological polar surface area (TPSA) is 3.24 Å². The second kappa shape index (κ2) is 16.0. The van der Waals surface area contributed by atoms with E-state index >= 15 is 0 Å². The minimum absolute atomic E-state index is 0.281. The zero-order chi connectivity index (χ0) is 41.3. The molecule has 0 N–H and O–H groups in total. The fraction of sp³-hybridized carbons (Fsp3) is 0.0492. The SMILES string of the molecule is C1=CC(c2ccccc2)CC(C2(c3ccccc3)c3ccccc3-c3ccc(N(c4ccc(-c5ccccc5)cc4)c4ccc(-c5ccc(-c6ccccc6)cc5)cc4)cc32)=C1. The molecule has 0 aromatic heterocycles. The largest absolute Gasteiger partial charge is 0.310 e. The van der Waals surface area contributed by atoms with Crippen molar-refractivity contribution in [1.82, 2.24) is 0 Å². The molecule has 0 bridgehead atoms. The highest BCUT2D eigenvalue weighted by Gasteiger charge is 2.48. The molecular formula is C61H45N. The molecule has 294 valence electrons. The van der Waals surface area contributed by atoms with E-state index in [1.165, 1.54) is 72.3 Å². The number of fused-ring (bicyclic) bond motifs is 3. The Morgan fingerprint density at radius 1 is 0.371 bits per heavy atom. The van der Waals surface area contributed by atoms with Crippen LogP contribution in [-0.4, -0.2) is 0 Å². The third kappa shape index (κ3) is 6.60. The Labute approximate surface area is 365 Å². The number of hydrogen-bond acceptors (Lipinski definition) is 1. The molecule has 0 radical (unpaired) electrons. The number of benzene rings is 9. The second-order valence-electron chi connectivity index (χ2n) is 16.4. The summed E-state index contributed by atoms with van der Waals surface area (Å²) in [5, 5.41) is 0. The zero-order valence-corrected chi connectivity index (χ0v) is 34.5. The van der Waals surface area contributed by atoms with E-state index in [1.54, 1.807) is 0 Å². The summed E-state index contributed by atoms with van der Waals surface area (Å²) in [7, 11) is 0. The van der Waals surface area contributed by atoms with Crippen LogP contribution in [0.2, 0.25) is 0 Å². The summed E-state index contributed by atoms with van der Waals surface area (Å²) < 4.78 is 0. The maximum atomic E-state index is 2.49. The summed E-state index contributed by atoms with van der Waals surface area (Å²) in [6, 6.07) is 86.7. The number of hydrogen-bond donors (Lipinski definition) is 0. The average Bonchev–Trinajstić information content (AvgIpc) is 3.66. The fourth-order valence-corrected chi connectivity index (χ4v) is 9.99. The van der Waals surface area contributed by atoms with Gasteiger partial charge in [0, 0.05) is 23.0 Å². The average molecular weight is 792 g/mol. The summed E-state index contributed by atoms with van der Waals surface area (Å²) in [6.07, 6.45) is 7.99. The maximum Gasteiger partial charge on any atom is 0.0677 e. The molecule has 9 aromatic carbocycles. The predicted octanol–water partition coefficient (Wildman–Crippen LogP) is 16.1. The monoisotopic (exact) mass is 791 g/mol. The quantitative estimate of drug-likeness (QED) is 0.141. The first kappa shape index (κ1) is 37.3. The lowest BCUT2D eigenvalue weighted by Crippen LogP contribution is -2.31. The van der Waals surface area contributed by atoms with Gasteiger partial charge in [-0.2, -0.15) is 0 Å². The van der Waals surface area contributed by atoms with E-state index in [-0.39, 0.29) is 5.92 Å². The number of allylic oxidation sites excluding steroid dienone is 4. The van der Waals surface area contributed by atoms with Crippen LogP contribution in [-0.2, 0) is 5.41 Å². The van der Waals surface area contributed by atoms with E-state index in [1.807, 2.05) is 0 Å². The summed E-state index contributed by atoms with van der Waals surface area (Å²) in [5.41, 5.74) is 19.4. The van der Waals surface area contributed by atoms with Crippen LogP contribution in [0.15, 0.2) is 260 Å². The van der Waals surface area contributed by atoms with Gasteiger partial charge in [-0.3, -0.25) is 0 Å². The normalized spacial score (nSPS) is 16.3. The number of rotatable bonds is 9. The smallest absolute Gasteiger partial charge is 0.0677 e. The van der Waals surface area contributed by atoms with Crippen LogP contribution in [0.3, 0.4) is 0 Å². The van der Waals surface area contributed by atoms with Gasteiger partial charge in [0.25, 0.3) is 0 Å². The maximum absolute atomic E-state index is 2.49. The van der Waals surface area contributed by atoms with Gasteiger partial charge in [0.1, 0.15) is 0 Å². The van der Waals surface area contributed by atoms with Crippen LogP contribution in [0.4, 0.5) is 17.1 Å². The summed E-state index contributed by atoms with van der Waals surface area (Å²) in [6.45, 7) is 0. The molecule has 0 heterocycles. The first-order valence-electron chi connectivity index (χ1n) is 21.7. The predicted molar refractivity (Wildman–Crippen MR) is 260 cm³/mol. The Kier molecular flexibility index (Phi) is 9.64. The van der Waals surface area contributed by atoms with E-state index in [4.69, 9.17) is 0 Å². The molecule has 11 rings (SSSR count). The molecule has 0 saturated carbocycles. The third-order valence-corrected chi connectivity index (χ3v) is 13.0. The van der Waals surface area contributed by atoms with Gasteiger partial charge in [0.15, 0.2) is 0 Å². The Hall–Kier alpha value is -7.74. The minimum Gasteiger partial charge on any atom is -0.310 e. The highest BCUT2D eigenvalue weighted by atomic mass is 15.1. The minimum atomic E-state index is -0.487. The zero-order valence-electron chi connectivity index (χ0n) is 34.5. The lowest BCUT2D eigenvalue weighted by atomic mass is 9.64. The van der Waals surface area contributed by atoms with Crippen molar-refractivity contribution in [3.05, 3.63) is 283 Å². The van der Waals surface area contributed by atoms with Crippen LogP contribution in [0.1, 0.15) is 34.6 Å². The molecular weight excluding hydrogens is 747 g/mol. The van der Waals surface area contributed by atoms with Gasteiger partial charge >= 0.3 is 0 Å². The molecule has 9 aromatic rings. The number of nitrogens with zero attached hydrogens (tertiary/aromatic N) is 1. The Morgan fingerprint density at radius 3 is 1.37 bits per heavy atom. The molecule has 0 spiro atoms. The van der Waals surface area contributed by atoms with Gasteiger partial charge in [-0.25, -0.2) is 0 Å². The van der Waals surface area contributed by atoms with E-state index in [9.17, 15) is 0 Å². The van der Waals surface area contributed by atoms with Crippen molar-refractivity contribution in [3.63, 3.8) is 0 Å².